The van der Waals surface area contributed by atoms with E-state index in [1.807, 2.05) is 31.2 Å². The highest BCUT2D eigenvalue weighted by Gasteiger charge is 2.11. The van der Waals surface area contributed by atoms with Crippen LogP contribution in [0, 0.1) is 6.92 Å². The molecule has 5 heteroatoms. The van der Waals surface area contributed by atoms with Crippen molar-refractivity contribution in [2.45, 2.75) is 13.3 Å². The quantitative estimate of drug-likeness (QED) is 0.847. The molecule has 1 aromatic heterocycles. The van der Waals surface area contributed by atoms with Crippen molar-refractivity contribution in [1.29, 1.82) is 0 Å². The molecule has 1 aromatic carbocycles. The number of aryl methyl sites for hydroxylation is 1. The molecular weight excluding hydrogens is 208 g/mol. The number of carboxylic acids is 1. The van der Waals surface area contributed by atoms with Crippen molar-refractivity contribution in [3.63, 3.8) is 0 Å². The van der Waals surface area contributed by atoms with E-state index in [-0.39, 0.29) is 12.3 Å². The third-order valence-electron chi connectivity index (χ3n) is 2.03. The van der Waals surface area contributed by atoms with Crippen molar-refractivity contribution in [2.24, 2.45) is 0 Å². The number of carboxylic acid groups (broad SMARTS) is 1. The van der Waals surface area contributed by atoms with Gasteiger partial charge in [-0.15, -0.1) is 10.2 Å². The van der Waals surface area contributed by atoms with Crippen LogP contribution in [0.5, 0.6) is 0 Å². The van der Waals surface area contributed by atoms with Crippen molar-refractivity contribution < 1.29 is 14.3 Å². The Bertz CT molecular complexity index is 519. The molecule has 0 aliphatic heterocycles. The van der Waals surface area contributed by atoms with E-state index in [0.717, 1.165) is 11.1 Å². The summed E-state index contributed by atoms with van der Waals surface area (Å²) in [7, 11) is 0. The maximum atomic E-state index is 10.4. The van der Waals surface area contributed by atoms with Gasteiger partial charge in [0.25, 0.3) is 0 Å². The van der Waals surface area contributed by atoms with Crippen LogP contribution in [0.15, 0.2) is 28.7 Å². The number of benzene rings is 1. The molecule has 2 rings (SSSR count). The summed E-state index contributed by atoms with van der Waals surface area (Å²) < 4.78 is 5.23. The predicted molar refractivity (Wildman–Crippen MR) is 55.8 cm³/mol. The van der Waals surface area contributed by atoms with Crippen LogP contribution in [0.3, 0.4) is 0 Å². The largest absolute Gasteiger partial charge is 0.481 e. The normalized spacial score (nSPS) is 10.3. The summed E-state index contributed by atoms with van der Waals surface area (Å²) in [6.07, 6.45) is -0.251. The molecule has 0 aliphatic carbocycles. The molecule has 0 bridgehead atoms. The Kier molecular flexibility index (Phi) is 2.68. The smallest absolute Gasteiger partial charge is 0.312 e. The molecule has 0 unspecified atom stereocenters. The zero-order valence-electron chi connectivity index (χ0n) is 8.67. The second-order valence-corrected chi connectivity index (χ2v) is 3.44. The van der Waals surface area contributed by atoms with Crippen molar-refractivity contribution in [2.75, 3.05) is 0 Å². The minimum absolute atomic E-state index is 0.115. The monoisotopic (exact) mass is 218 g/mol. The first kappa shape index (κ1) is 10.4. The predicted octanol–water partition coefficient (Wildman–Crippen LogP) is 1.67. The fourth-order valence-corrected chi connectivity index (χ4v) is 1.35. The van der Waals surface area contributed by atoms with Gasteiger partial charge in [0.1, 0.15) is 6.42 Å². The SMILES string of the molecule is Cc1cccc(-c2nnc(CC(=O)O)o2)c1. The summed E-state index contributed by atoms with van der Waals surface area (Å²) in [6, 6.07) is 7.58. The molecule has 5 nitrogen and oxygen atoms in total. The highest BCUT2D eigenvalue weighted by molar-refractivity contribution is 5.68. The molecule has 0 atom stereocenters. The number of carbonyl (C=O) groups is 1. The van der Waals surface area contributed by atoms with Gasteiger partial charge >= 0.3 is 5.97 Å². The van der Waals surface area contributed by atoms with Crippen molar-refractivity contribution >= 4 is 5.97 Å². The second kappa shape index (κ2) is 4.14. The topological polar surface area (TPSA) is 76.2 Å². The first-order valence-corrected chi connectivity index (χ1v) is 4.76. The van der Waals surface area contributed by atoms with Crippen molar-refractivity contribution in [3.05, 3.63) is 35.7 Å². The van der Waals surface area contributed by atoms with Crippen LogP contribution < -0.4 is 0 Å². The average Bonchev–Trinajstić information content (AvgIpc) is 2.65. The average molecular weight is 218 g/mol. The lowest BCUT2D eigenvalue weighted by Crippen LogP contribution is -1.99. The zero-order valence-corrected chi connectivity index (χ0v) is 8.67. The van der Waals surface area contributed by atoms with Gasteiger partial charge in [0.2, 0.25) is 11.8 Å². The number of hydrogen-bond acceptors (Lipinski definition) is 4. The molecule has 0 spiro atoms. The number of aromatic nitrogens is 2. The fourth-order valence-electron chi connectivity index (χ4n) is 1.35. The Morgan fingerprint density at radius 1 is 1.44 bits per heavy atom. The Morgan fingerprint density at radius 3 is 2.94 bits per heavy atom. The van der Waals surface area contributed by atoms with E-state index < -0.39 is 5.97 Å². The van der Waals surface area contributed by atoms with Crippen LogP contribution in [-0.4, -0.2) is 21.3 Å². The molecule has 1 N–H and O–H groups in total. The maximum absolute atomic E-state index is 10.4. The van der Waals surface area contributed by atoms with Gasteiger partial charge in [-0.1, -0.05) is 17.7 Å². The van der Waals surface area contributed by atoms with Gasteiger partial charge in [0, 0.05) is 5.56 Å². The highest BCUT2D eigenvalue weighted by atomic mass is 16.4. The maximum Gasteiger partial charge on any atom is 0.312 e. The van der Waals surface area contributed by atoms with Crippen LogP contribution in [0.1, 0.15) is 11.5 Å². The molecule has 0 aliphatic rings. The van der Waals surface area contributed by atoms with Gasteiger partial charge in [-0.25, -0.2) is 0 Å². The molecule has 0 fully saturated rings. The molecular formula is C11H10N2O3. The van der Waals surface area contributed by atoms with Gasteiger partial charge in [0.05, 0.1) is 0 Å². The number of hydrogen-bond donors (Lipinski definition) is 1. The van der Waals surface area contributed by atoms with Gasteiger partial charge < -0.3 is 9.52 Å². The van der Waals surface area contributed by atoms with Gasteiger partial charge in [-0.05, 0) is 19.1 Å². The van der Waals surface area contributed by atoms with Gasteiger partial charge in [0.15, 0.2) is 0 Å². The van der Waals surface area contributed by atoms with Crippen LogP contribution in [-0.2, 0) is 11.2 Å². The van der Waals surface area contributed by atoms with E-state index >= 15 is 0 Å². The third-order valence-corrected chi connectivity index (χ3v) is 2.03. The number of rotatable bonds is 3. The van der Waals surface area contributed by atoms with Gasteiger partial charge in [-0.3, -0.25) is 4.79 Å². The summed E-state index contributed by atoms with van der Waals surface area (Å²) in [5, 5.41) is 16.0. The summed E-state index contributed by atoms with van der Waals surface area (Å²) in [5.41, 5.74) is 1.87. The lowest BCUT2D eigenvalue weighted by molar-refractivity contribution is -0.136. The lowest BCUT2D eigenvalue weighted by atomic mass is 10.1. The Morgan fingerprint density at radius 2 is 2.25 bits per heavy atom. The Labute approximate surface area is 91.7 Å². The minimum atomic E-state index is -0.987. The molecule has 2 aromatic rings. The molecule has 1 heterocycles. The van der Waals surface area contributed by atoms with E-state index in [0.29, 0.717) is 5.89 Å². The number of aliphatic carboxylic acids is 1. The van der Waals surface area contributed by atoms with E-state index in [1.54, 1.807) is 0 Å². The third kappa shape index (κ3) is 2.25. The molecule has 0 radical (unpaired) electrons. The molecule has 16 heavy (non-hydrogen) atoms. The second-order valence-electron chi connectivity index (χ2n) is 3.44. The van der Waals surface area contributed by atoms with E-state index in [2.05, 4.69) is 10.2 Å². The fraction of sp³-hybridized carbons (Fsp3) is 0.182. The van der Waals surface area contributed by atoms with Gasteiger partial charge in [-0.2, -0.15) is 0 Å². The van der Waals surface area contributed by atoms with Crippen LogP contribution in [0.2, 0.25) is 0 Å². The summed E-state index contributed by atoms with van der Waals surface area (Å²) in [6.45, 7) is 1.96. The lowest BCUT2D eigenvalue weighted by Gasteiger charge is -1.95. The molecule has 82 valence electrons. The first-order chi connectivity index (χ1) is 7.65. The standard InChI is InChI=1S/C11H10N2O3/c1-7-3-2-4-8(5-7)11-13-12-9(16-11)6-10(14)15/h2-5H,6H2,1H3,(H,14,15). The molecule has 0 amide bonds. The van der Waals surface area contributed by atoms with Crippen molar-refractivity contribution in [1.82, 2.24) is 10.2 Å². The van der Waals surface area contributed by atoms with Crippen LogP contribution in [0.25, 0.3) is 11.5 Å². The van der Waals surface area contributed by atoms with E-state index in [1.165, 1.54) is 0 Å². The first-order valence-electron chi connectivity index (χ1n) is 4.76. The van der Waals surface area contributed by atoms with E-state index in [9.17, 15) is 4.79 Å². The van der Waals surface area contributed by atoms with Crippen LogP contribution >= 0.6 is 0 Å². The number of nitrogens with zero attached hydrogens (tertiary/aromatic N) is 2. The summed E-state index contributed by atoms with van der Waals surface area (Å²) in [4.78, 5) is 10.4. The minimum Gasteiger partial charge on any atom is -0.481 e. The summed E-state index contributed by atoms with van der Waals surface area (Å²) in [5.74, 6) is -0.525. The molecule has 0 saturated heterocycles. The zero-order chi connectivity index (χ0) is 11.5. The summed E-state index contributed by atoms with van der Waals surface area (Å²) >= 11 is 0. The molecule has 0 saturated carbocycles. The van der Waals surface area contributed by atoms with Crippen molar-refractivity contribution in [3.8, 4) is 11.5 Å². The Balaban J connectivity index is 2.28. The Hall–Kier alpha value is -2.17. The highest BCUT2D eigenvalue weighted by Crippen LogP contribution is 2.18. The van der Waals surface area contributed by atoms with Crippen LogP contribution in [0.4, 0.5) is 0 Å². The van der Waals surface area contributed by atoms with E-state index in [4.69, 9.17) is 9.52 Å².